The van der Waals surface area contributed by atoms with Crippen LogP contribution in [0, 0.1) is 11.8 Å². The van der Waals surface area contributed by atoms with Gasteiger partial charge >= 0.3 is 5.97 Å². The van der Waals surface area contributed by atoms with E-state index in [4.69, 9.17) is 20.8 Å². The number of Topliss-reactive ketones (excluding diaryl/α,β-unsaturated/α-hetero) is 1. The molecule has 0 saturated heterocycles. The van der Waals surface area contributed by atoms with E-state index in [9.17, 15) is 14.4 Å². The van der Waals surface area contributed by atoms with Crippen molar-refractivity contribution in [3.8, 4) is 0 Å². The number of allylic oxidation sites excluding steroid dienone is 1. The van der Waals surface area contributed by atoms with Gasteiger partial charge < -0.3 is 19.8 Å². The maximum Gasteiger partial charge on any atom is 0.316 e. The van der Waals surface area contributed by atoms with Gasteiger partial charge in [-0.25, -0.2) is 0 Å². The number of methoxy groups -OCH3 is 1. The smallest absolute Gasteiger partial charge is 0.316 e. The summed E-state index contributed by atoms with van der Waals surface area (Å²) in [4.78, 5) is 39.7. The number of anilines is 2. The van der Waals surface area contributed by atoms with Crippen LogP contribution >= 0.6 is 11.6 Å². The lowest BCUT2D eigenvalue weighted by molar-refractivity contribution is -0.151. The summed E-state index contributed by atoms with van der Waals surface area (Å²) >= 11 is 6.12. The van der Waals surface area contributed by atoms with E-state index < -0.39 is 17.9 Å². The third-order valence-corrected chi connectivity index (χ3v) is 6.53. The summed E-state index contributed by atoms with van der Waals surface area (Å²) in [7, 11) is 1.27. The maximum atomic E-state index is 13.7. The highest BCUT2D eigenvalue weighted by molar-refractivity contribution is 6.31. The normalized spacial score (nSPS) is 22.0. The molecule has 2 aliphatic rings. The van der Waals surface area contributed by atoms with Gasteiger partial charge in [-0.2, -0.15) is 0 Å². The summed E-state index contributed by atoms with van der Waals surface area (Å²) in [6.45, 7) is 1.84. The van der Waals surface area contributed by atoms with Crippen molar-refractivity contribution < 1.29 is 18.7 Å². The van der Waals surface area contributed by atoms with E-state index in [1.54, 1.807) is 18.2 Å². The van der Waals surface area contributed by atoms with Crippen LogP contribution in [-0.2, 0) is 14.3 Å². The second-order valence-electron chi connectivity index (χ2n) is 8.35. The Morgan fingerprint density at radius 1 is 1.15 bits per heavy atom. The zero-order valence-corrected chi connectivity index (χ0v) is 18.7. The van der Waals surface area contributed by atoms with Crippen LogP contribution in [0.15, 0.2) is 69.2 Å². The number of para-hydroxylation sites is 2. The highest BCUT2D eigenvalue weighted by Crippen LogP contribution is 2.43. The van der Waals surface area contributed by atoms with Crippen LogP contribution in [0.1, 0.15) is 24.9 Å². The molecule has 8 heteroatoms. The van der Waals surface area contributed by atoms with E-state index >= 15 is 0 Å². The van der Waals surface area contributed by atoms with Crippen LogP contribution in [0.5, 0.6) is 0 Å². The summed E-state index contributed by atoms with van der Waals surface area (Å²) in [5.74, 6) is -2.19. The number of halogens is 1. The molecule has 0 radical (unpaired) electrons. The van der Waals surface area contributed by atoms with E-state index in [1.807, 2.05) is 31.2 Å². The summed E-state index contributed by atoms with van der Waals surface area (Å²) in [6, 6.07) is 11.5. The Labute approximate surface area is 194 Å². The molecule has 1 aliphatic carbocycles. The lowest BCUT2D eigenvalue weighted by atomic mass is 9.75. The molecular formula is C25H21ClN2O5. The lowest BCUT2D eigenvalue weighted by Gasteiger charge is -2.32. The quantitative estimate of drug-likeness (QED) is 0.420. The van der Waals surface area contributed by atoms with Gasteiger partial charge in [0.05, 0.1) is 35.5 Å². The Balaban J connectivity index is 1.74. The molecule has 168 valence electrons. The Morgan fingerprint density at radius 3 is 2.67 bits per heavy atom. The van der Waals surface area contributed by atoms with Crippen molar-refractivity contribution in [3.05, 3.63) is 80.8 Å². The Morgan fingerprint density at radius 2 is 1.91 bits per heavy atom. The van der Waals surface area contributed by atoms with Crippen molar-refractivity contribution >= 4 is 45.7 Å². The number of hydrogen-bond donors (Lipinski definition) is 2. The molecule has 0 bridgehead atoms. The van der Waals surface area contributed by atoms with Crippen LogP contribution in [-0.4, -0.2) is 18.9 Å². The molecule has 0 unspecified atom stereocenters. The molecule has 1 aromatic heterocycles. The van der Waals surface area contributed by atoms with E-state index in [0.29, 0.717) is 33.7 Å². The van der Waals surface area contributed by atoms with E-state index in [0.717, 1.165) is 11.4 Å². The number of nitrogens with one attached hydrogen (secondary N) is 2. The predicted octanol–water partition coefficient (Wildman–Crippen LogP) is 4.68. The fourth-order valence-corrected chi connectivity index (χ4v) is 4.86. The largest absolute Gasteiger partial charge is 0.468 e. The fraction of sp³-hybridized carbons (Fsp3) is 0.240. The topological polar surface area (TPSA) is 97.6 Å². The highest BCUT2D eigenvalue weighted by Gasteiger charge is 2.45. The van der Waals surface area contributed by atoms with Crippen molar-refractivity contribution in [2.24, 2.45) is 11.8 Å². The second kappa shape index (κ2) is 8.08. The summed E-state index contributed by atoms with van der Waals surface area (Å²) in [6.07, 6.45) is 1.81. The first-order chi connectivity index (χ1) is 15.9. The minimum Gasteiger partial charge on any atom is -0.468 e. The molecular weight excluding hydrogens is 444 g/mol. The number of ketones is 1. The number of fused-ring (bicyclic) bond motifs is 2. The third-order valence-electron chi connectivity index (χ3n) is 6.30. The van der Waals surface area contributed by atoms with Gasteiger partial charge in [-0.1, -0.05) is 30.7 Å². The van der Waals surface area contributed by atoms with Gasteiger partial charge in [0, 0.05) is 16.3 Å². The molecule has 7 nitrogen and oxygen atoms in total. The van der Waals surface area contributed by atoms with E-state index in [2.05, 4.69) is 10.6 Å². The maximum absolute atomic E-state index is 13.7. The molecule has 2 heterocycles. The zero-order chi connectivity index (χ0) is 23.3. The molecule has 0 amide bonds. The number of ether oxygens (including phenoxy) is 1. The molecule has 0 saturated carbocycles. The van der Waals surface area contributed by atoms with Crippen LogP contribution in [0.4, 0.5) is 11.4 Å². The SMILES string of the molecule is COC(=O)[C@H]1C(=O)C2=C(C[C@@H]1C)Nc1ccccc1N[C@@H]2c1coc2ccc(Cl)cc2c1=O. The molecule has 2 aromatic carbocycles. The number of esters is 1. The zero-order valence-electron chi connectivity index (χ0n) is 18.0. The lowest BCUT2D eigenvalue weighted by Crippen LogP contribution is -2.40. The molecule has 2 N–H and O–H groups in total. The van der Waals surface area contributed by atoms with Crippen molar-refractivity contribution in [2.75, 3.05) is 17.7 Å². The van der Waals surface area contributed by atoms with Crippen LogP contribution in [0.3, 0.4) is 0 Å². The number of carbonyl (C=O) groups is 2. The first kappa shape index (κ1) is 21.3. The van der Waals surface area contributed by atoms with E-state index in [1.165, 1.54) is 13.4 Å². The van der Waals surface area contributed by atoms with Crippen molar-refractivity contribution in [1.29, 1.82) is 0 Å². The average Bonchev–Trinajstić information content (AvgIpc) is 2.96. The molecule has 33 heavy (non-hydrogen) atoms. The van der Waals surface area contributed by atoms with Gasteiger partial charge in [0.15, 0.2) is 11.2 Å². The number of hydrogen-bond acceptors (Lipinski definition) is 7. The van der Waals surface area contributed by atoms with Crippen LogP contribution < -0.4 is 16.1 Å². The van der Waals surface area contributed by atoms with Crippen LogP contribution in [0.2, 0.25) is 5.02 Å². The molecule has 3 aromatic rings. The van der Waals surface area contributed by atoms with Gasteiger partial charge in [-0.15, -0.1) is 0 Å². The van der Waals surface area contributed by atoms with Crippen molar-refractivity contribution in [2.45, 2.75) is 19.4 Å². The second-order valence-corrected chi connectivity index (χ2v) is 8.78. The van der Waals surface area contributed by atoms with Gasteiger partial charge in [0.25, 0.3) is 0 Å². The first-order valence-electron chi connectivity index (χ1n) is 10.6. The van der Waals surface area contributed by atoms with Gasteiger partial charge in [-0.3, -0.25) is 14.4 Å². The summed E-state index contributed by atoms with van der Waals surface area (Å²) in [5.41, 5.74) is 2.83. The Kier molecular flexibility index (Phi) is 5.21. The molecule has 3 atom stereocenters. The minimum absolute atomic E-state index is 0.252. The van der Waals surface area contributed by atoms with Crippen molar-refractivity contribution in [3.63, 3.8) is 0 Å². The average molecular weight is 465 g/mol. The van der Waals surface area contributed by atoms with Gasteiger partial charge in [-0.05, 0) is 42.7 Å². The van der Waals surface area contributed by atoms with Gasteiger partial charge in [0.2, 0.25) is 0 Å². The number of benzene rings is 2. The summed E-state index contributed by atoms with van der Waals surface area (Å²) < 4.78 is 10.7. The molecule has 0 fully saturated rings. The van der Waals surface area contributed by atoms with E-state index in [-0.39, 0.29) is 22.7 Å². The van der Waals surface area contributed by atoms with Crippen LogP contribution in [0.25, 0.3) is 11.0 Å². The standard InChI is InChI=1S/C25H21ClN2O5/c1-12-9-18-21(24(30)20(12)25(31)32-2)22(28-17-6-4-3-5-16(17)27-18)15-11-33-19-8-7-13(26)10-14(19)23(15)29/h3-8,10-12,20,22,27-28H,9H2,1-2H3/t12-,20+,22+/m0/s1. The van der Waals surface area contributed by atoms with Crippen molar-refractivity contribution in [1.82, 2.24) is 0 Å². The molecule has 5 rings (SSSR count). The Hall–Kier alpha value is -3.58. The minimum atomic E-state index is -0.956. The molecule has 1 aliphatic heterocycles. The fourth-order valence-electron chi connectivity index (χ4n) is 4.68. The number of rotatable bonds is 2. The monoisotopic (exact) mass is 464 g/mol. The number of carbonyl (C=O) groups excluding carboxylic acids is 2. The third kappa shape index (κ3) is 3.49. The summed E-state index contributed by atoms with van der Waals surface area (Å²) in [5, 5.41) is 7.41. The predicted molar refractivity (Wildman–Crippen MR) is 125 cm³/mol. The Bertz CT molecular complexity index is 1390. The highest BCUT2D eigenvalue weighted by atomic mass is 35.5. The first-order valence-corrected chi connectivity index (χ1v) is 11.0. The molecule has 0 spiro atoms. The van der Waals surface area contributed by atoms with Gasteiger partial charge in [0.1, 0.15) is 17.8 Å².